The molecule has 1 aliphatic heterocycles. The molecule has 1 aliphatic rings. The monoisotopic (exact) mass is 292 g/mol. The normalized spacial score (nSPS) is 16.5. The number of aromatic nitrogens is 2. The maximum atomic E-state index is 12.1. The number of hydrogen-bond acceptors (Lipinski definition) is 5. The van der Waals surface area contributed by atoms with Crippen LogP contribution in [0.1, 0.15) is 22.3 Å². The molecule has 0 saturated carbocycles. The smallest absolute Gasteiger partial charge is 0.256 e. The van der Waals surface area contributed by atoms with Crippen molar-refractivity contribution in [2.75, 3.05) is 5.32 Å². The summed E-state index contributed by atoms with van der Waals surface area (Å²) in [4.78, 5) is 20.4. The van der Waals surface area contributed by atoms with E-state index in [0.29, 0.717) is 22.9 Å². The Kier molecular flexibility index (Phi) is 2.86. The van der Waals surface area contributed by atoms with Crippen LogP contribution in [0, 0.1) is 0 Å². The Morgan fingerprint density at radius 3 is 2.82 bits per heavy atom. The van der Waals surface area contributed by atoms with Gasteiger partial charge >= 0.3 is 0 Å². The SMILES string of the molecule is O=C1N[C@H](c2ccc(-c3cccnc3)o2)Nc2ncccc21. The van der Waals surface area contributed by atoms with Crippen LogP contribution in [0.3, 0.4) is 0 Å². The lowest BCUT2D eigenvalue weighted by atomic mass is 10.1. The molecule has 3 aromatic heterocycles. The topological polar surface area (TPSA) is 80.0 Å². The molecule has 2 N–H and O–H groups in total. The van der Waals surface area contributed by atoms with Gasteiger partial charge in [-0.15, -0.1) is 0 Å². The zero-order chi connectivity index (χ0) is 14.9. The number of pyridine rings is 2. The second-order valence-electron chi connectivity index (χ2n) is 4.89. The molecule has 6 heteroatoms. The largest absolute Gasteiger partial charge is 0.457 e. The Bertz CT molecular complexity index is 829. The fourth-order valence-electron chi connectivity index (χ4n) is 2.40. The summed E-state index contributed by atoms with van der Waals surface area (Å²) in [7, 11) is 0. The van der Waals surface area contributed by atoms with Gasteiger partial charge in [0.15, 0.2) is 6.17 Å². The number of carbonyl (C=O) groups excluding carboxylic acids is 1. The first-order chi connectivity index (χ1) is 10.8. The highest BCUT2D eigenvalue weighted by Crippen LogP contribution is 2.28. The highest BCUT2D eigenvalue weighted by molar-refractivity contribution is 6.00. The van der Waals surface area contributed by atoms with Crippen LogP contribution in [0.2, 0.25) is 0 Å². The van der Waals surface area contributed by atoms with Crippen molar-refractivity contribution in [3.8, 4) is 11.3 Å². The fourth-order valence-corrected chi connectivity index (χ4v) is 2.40. The maximum Gasteiger partial charge on any atom is 0.256 e. The van der Waals surface area contributed by atoms with Crippen LogP contribution < -0.4 is 10.6 Å². The first kappa shape index (κ1) is 12.6. The van der Waals surface area contributed by atoms with E-state index in [1.165, 1.54) is 0 Å². The van der Waals surface area contributed by atoms with Crippen LogP contribution in [0.15, 0.2) is 59.4 Å². The molecule has 0 spiro atoms. The van der Waals surface area contributed by atoms with Gasteiger partial charge in [-0.1, -0.05) is 0 Å². The molecule has 0 saturated heterocycles. The number of hydrogen-bond donors (Lipinski definition) is 2. The first-order valence-corrected chi connectivity index (χ1v) is 6.84. The lowest BCUT2D eigenvalue weighted by Crippen LogP contribution is -2.38. The molecular weight excluding hydrogens is 280 g/mol. The Hall–Kier alpha value is -3.15. The molecule has 0 radical (unpaired) electrons. The standard InChI is InChI=1S/C16H12N4O2/c21-16-11-4-2-8-18-14(11)19-15(20-16)13-6-5-12(22-13)10-3-1-7-17-9-10/h1-9,15H,(H,18,19)(H,20,21)/t15-/m1/s1. The number of fused-ring (bicyclic) bond motifs is 1. The van der Waals surface area contributed by atoms with Crippen molar-refractivity contribution in [2.24, 2.45) is 0 Å². The van der Waals surface area contributed by atoms with E-state index in [4.69, 9.17) is 4.42 Å². The van der Waals surface area contributed by atoms with Gasteiger partial charge in [-0.25, -0.2) is 4.98 Å². The number of carbonyl (C=O) groups is 1. The summed E-state index contributed by atoms with van der Waals surface area (Å²) in [5.41, 5.74) is 1.41. The maximum absolute atomic E-state index is 12.1. The second kappa shape index (κ2) is 5.00. The first-order valence-electron chi connectivity index (χ1n) is 6.84. The summed E-state index contributed by atoms with van der Waals surface area (Å²) in [6.45, 7) is 0. The van der Waals surface area contributed by atoms with Gasteiger partial charge in [0.1, 0.15) is 17.3 Å². The number of amides is 1. The summed E-state index contributed by atoms with van der Waals surface area (Å²) < 4.78 is 5.83. The quantitative estimate of drug-likeness (QED) is 0.759. The van der Waals surface area contributed by atoms with E-state index in [2.05, 4.69) is 20.6 Å². The number of furan rings is 1. The zero-order valence-electron chi connectivity index (χ0n) is 11.5. The lowest BCUT2D eigenvalue weighted by molar-refractivity contribution is 0.0930. The van der Waals surface area contributed by atoms with E-state index >= 15 is 0 Å². The minimum atomic E-state index is -0.444. The summed E-state index contributed by atoms with van der Waals surface area (Å²) >= 11 is 0. The molecular formula is C16H12N4O2. The van der Waals surface area contributed by atoms with Gasteiger partial charge in [-0.2, -0.15) is 0 Å². The van der Waals surface area contributed by atoms with Crippen LogP contribution in [-0.4, -0.2) is 15.9 Å². The van der Waals surface area contributed by atoms with Crippen LogP contribution in [0.25, 0.3) is 11.3 Å². The minimum absolute atomic E-state index is 0.175. The van der Waals surface area contributed by atoms with Gasteiger partial charge in [0.05, 0.1) is 5.56 Å². The van der Waals surface area contributed by atoms with E-state index < -0.39 is 6.17 Å². The predicted octanol–water partition coefficient (Wildman–Crippen LogP) is 2.59. The Morgan fingerprint density at radius 2 is 1.95 bits per heavy atom. The molecule has 1 atom stereocenters. The average Bonchev–Trinajstić information content (AvgIpc) is 3.06. The van der Waals surface area contributed by atoms with Gasteiger partial charge in [0, 0.05) is 24.2 Å². The van der Waals surface area contributed by atoms with E-state index in [9.17, 15) is 4.79 Å². The van der Waals surface area contributed by atoms with E-state index in [1.807, 2.05) is 24.3 Å². The average molecular weight is 292 g/mol. The molecule has 1 amide bonds. The van der Waals surface area contributed by atoms with Crippen molar-refractivity contribution in [3.05, 3.63) is 66.3 Å². The molecule has 4 rings (SSSR count). The summed E-state index contributed by atoms with van der Waals surface area (Å²) in [6.07, 6.45) is 4.64. The van der Waals surface area contributed by atoms with Crippen LogP contribution in [0.5, 0.6) is 0 Å². The zero-order valence-corrected chi connectivity index (χ0v) is 11.5. The Morgan fingerprint density at radius 1 is 1.05 bits per heavy atom. The molecule has 0 bridgehead atoms. The van der Waals surface area contributed by atoms with E-state index in [-0.39, 0.29) is 5.91 Å². The van der Waals surface area contributed by atoms with Gasteiger partial charge in [0.2, 0.25) is 0 Å². The van der Waals surface area contributed by atoms with Crippen molar-refractivity contribution in [1.82, 2.24) is 15.3 Å². The summed E-state index contributed by atoms with van der Waals surface area (Å²) in [5.74, 6) is 1.69. The number of rotatable bonds is 2. The molecule has 0 aliphatic carbocycles. The third kappa shape index (κ3) is 2.10. The second-order valence-corrected chi connectivity index (χ2v) is 4.89. The molecule has 0 unspecified atom stereocenters. The van der Waals surface area contributed by atoms with E-state index in [1.54, 1.807) is 30.7 Å². The third-order valence-electron chi connectivity index (χ3n) is 3.47. The fraction of sp³-hybridized carbons (Fsp3) is 0.0625. The van der Waals surface area contributed by atoms with Gasteiger partial charge in [-0.3, -0.25) is 9.78 Å². The van der Waals surface area contributed by atoms with Crippen molar-refractivity contribution in [3.63, 3.8) is 0 Å². The van der Waals surface area contributed by atoms with Gasteiger partial charge in [0.25, 0.3) is 5.91 Å². The van der Waals surface area contributed by atoms with Crippen LogP contribution >= 0.6 is 0 Å². The van der Waals surface area contributed by atoms with Crippen molar-refractivity contribution < 1.29 is 9.21 Å². The molecule has 108 valence electrons. The molecule has 4 heterocycles. The highest BCUT2D eigenvalue weighted by Gasteiger charge is 2.27. The molecule has 6 nitrogen and oxygen atoms in total. The van der Waals surface area contributed by atoms with Crippen LogP contribution in [-0.2, 0) is 0 Å². The van der Waals surface area contributed by atoms with Crippen molar-refractivity contribution >= 4 is 11.7 Å². The summed E-state index contributed by atoms with van der Waals surface area (Å²) in [5, 5.41) is 6.01. The highest BCUT2D eigenvalue weighted by atomic mass is 16.3. The van der Waals surface area contributed by atoms with Gasteiger partial charge in [-0.05, 0) is 36.4 Å². The number of anilines is 1. The van der Waals surface area contributed by atoms with Gasteiger partial charge < -0.3 is 15.1 Å². The van der Waals surface area contributed by atoms with E-state index in [0.717, 1.165) is 5.56 Å². The number of nitrogens with zero attached hydrogens (tertiary/aromatic N) is 2. The molecule has 0 aromatic carbocycles. The number of nitrogens with one attached hydrogen (secondary N) is 2. The van der Waals surface area contributed by atoms with Crippen molar-refractivity contribution in [2.45, 2.75) is 6.17 Å². The summed E-state index contributed by atoms with van der Waals surface area (Å²) in [6, 6.07) is 10.9. The predicted molar refractivity (Wildman–Crippen MR) is 80.0 cm³/mol. The van der Waals surface area contributed by atoms with Crippen molar-refractivity contribution in [1.29, 1.82) is 0 Å². The molecule has 0 fully saturated rings. The van der Waals surface area contributed by atoms with Crippen LogP contribution in [0.4, 0.5) is 5.82 Å². The molecule has 3 aromatic rings. The third-order valence-corrected chi connectivity index (χ3v) is 3.47. The lowest BCUT2D eigenvalue weighted by Gasteiger charge is -2.25. The Labute approximate surface area is 126 Å². The Balaban J connectivity index is 1.64. The molecule has 22 heavy (non-hydrogen) atoms. The minimum Gasteiger partial charge on any atom is -0.457 e.